The first-order valence-corrected chi connectivity index (χ1v) is 7.07. The van der Waals surface area contributed by atoms with Gasteiger partial charge in [-0.1, -0.05) is 41.5 Å². The smallest absolute Gasteiger partial charge is 0.00187 e. The minimum Gasteiger partial charge on any atom is -0.165 e. The number of thioether (sulfide) groups is 1. The van der Waals surface area contributed by atoms with Gasteiger partial charge in [-0.2, -0.15) is 11.8 Å². The van der Waals surface area contributed by atoms with Crippen LogP contribution in [-0.4, -0.2) is 12.0 Å². The molecule has 0 aliphatic rings. The van der Waals surface area contributed by atoms with Crippen molar-refractivity contribution < 1.29 is 0 Å². The molecule has 0 nitrogen and oxygen atoms in total. The Kier molecular flexibility index (Phi) is 5.57. The minimum atomic E-state index is 0.484. The summed E-state index contributed by atoms with van der Waals surface area (Å²) in [6, 6.07) is 0. The summed E-state index contributed by atoms with van der Waals surface area (Å²) in [5, 5.41) is 0. The molecule has 0 radical (unpaired) electrons. The fourth-order valence-electron chi connectivity index (χ4n) is 2.91. The van der Waals surface area contributed by atoms with E-state index >= 15 is 0 Å². The Hall–Kier alpha value is 0.350. The average molecular weight is 216 g/mol. The summed E-state index contributed by atoms with van der Waals surface area (Å²) in [6.45, 7) is 14.3. The second kappa shape index (κ2) is 5.44. The number of rotatable bonds is 6. The number of hydrogen-bond acceptors (Lipinski definition) is 1. The quantitative estimate of drug-likeness (QED) is 0.612. The lowest BCUT2D eigenvalue weighted by molar-refractivity contribution is 0.182. The molecule has 0 heterocycles. The van der Waals surface area contributed by atoms with Gasteiger partial charge in [0.05, 0.1) is 0 Å². The summed E-state index contributed by atoms with van der Waals surface area (Å²) >= 11 is 1.97. The molecule has 0 aliphatic carbocycles. The molecule has 1 heteroatoms. The second-order valence-electron chi connectivity index (χ2n) is 6.54. The Morgan fingerprint density at radius 2 is 1.50 bits per heavy atom. The van der Waals surface area contributed by atoms with E-state index in [4.69, 9.17) is 0 Å². The Balaban J connectivity index is 4.19. The van der Waals surface area contributed by atoms with E-state index < -0.39 is 0 Å². The Labute approximate surface area is 95.2 Å². The molecule has 0 bridgehead atoms. The lowest BCUT2D eigenvalue weighted by atomic mass is 9.72. The molecule has 0 fully saturated rings. The van der Waals surface area contributed by atoms with Crippen LogP contribution >= 0.6 is 11.8 Å². The topological polar surface area (TPSA) is 0 Å². The molecule has 14 heavy (non-hydrogen) atoms. The SMILES string of the molecule is CSCC(C)(C)CC(C)(C)CC(C)C. The van der Waals surface area contributed by atoms with E-state index in [-0.39, 0.29) is 0 Å². The van der Waals surface area contributed by atoms with Crippen LogP contribution in [0.5, 0.6) is 0 Å². The summed E-state index contributed by atoms with van der Waals surface area (Å²) in [4.78, 5) is 0. The van der Waals surface area contributed by atoms with Gasteiger partial charge in [0.15, 0.2) is 0 Å². The van der Waals surface area contributed by atoms with E-state index in [2.05, 4.69) is 47.8 Å². The van der Waals surface area contributed by atoms with Crippen molar-refractivity contribution in [1.29, 1.82) is 0 Å². The molecule has 0 aliphatic heterocycles. The maximum atomic E-state index is 2.41. The van der Waals surface area contributed by atoms with Gasteiger partial charge in [0.25, 0.3) is 0 Å². The van der Waals surface area contributed by atoms with Crippen LogP contribution in [0, 0.1) is 16.7 Å². The molecule has 0 saturated heterocycles. The highest BCUT2D eigenvalue weighted by atomic mass is 32.2. The fourth-order valence-corrected chi connectivity index (χ4v) is 3.80. The molecule has 0 unspecified atom stereocenters. The lowest BCUT2D eigenvalue weighted by Gasteiger charge is -2.35. The van der Waals surface area contributed by atoms with Crippen molar-refractivity contribution in [3.8, 4) is 0 Å². The summed E-state index contributed by atoms with van der Waals surface area (Å²) in [7, 11) is 0. The molecule has 0 aromatic carbocycles. The zero-order valence-corrected chi connectivity index (χ0v) is 11.9. The van der Waals surface area contributed by atoms with Gasteiger partial charge in [0.2, 0.25) is 0 Å². The van der Waals surface area contributed by atoms with Crippen LogP contribution in [-0.2, 0) is 0 Å². The maximum Gasteiger partial charge on any atom is -0.00187 e. The lowest BCUT2D eigenvalue weighted by Crippen LogP contribution is -2.26. The third-order valence-electron chi connectivity index (χ3n) is 2.45. The van der Waals surface area contributed by atoms with E-state index in [1.165, 1.54) is 18.6 Å². The van der Waals surface area contributed by atoms with Crippen LogP contribution in [0.15, 0.2) is 0 Å². The largest absolute Gasteiger partial charge is 0.165 e. The van der Waals surface area contributed by atoms with Gasteiger partial charge in [-0.15, -0.1) is 0 Å². The first-order chi connectivity index (χ1) is 6.18. The first-order valence-electron chi connectivity index (χ1n) is 5.67. The predicted molar refractivity (Wildman–Crippen MR) is 70.0 cm³/mol. The highest BCUT2D eigenvalue weighted by Crippen LogP contribution is 2.39. The van der Waals surface area contributed by atoms with Crippen molar-refractivity contribution in [2.24, 2.45) is 16.7 Å². The molecule has 86 valence electrons. The zero-order valence-electron chi connectivity index (χ0n) is 11.1. The number of hydrogen-bond donors (Lipinski definition) is 0. The van der Waals surface area contributed by atoms with Crippen LogP contribution in [0.4, 0.5) is 0 Å². The van der Waals surface area contributed by atoms with Gasteiger partial charge < -0.3 is 0 Å². The molecule has 0 atom stereocenters. The molecular weight excluding hydrogens is 188 g/mol. The molecule has 0 amide bonds. The van der Waals surface area contributed by atoms with Crippen LogP contribution in [0.3, 0.4) is 0 Å². The minimum absolute atomic E-state index is 0.484. The average Bonchev–Trinajstić information content (AvgIpc) is 1.78. The molecule has 0 aromatic rings. The highest BCUT2D eigenvalue weighted by molar-refractivity contribution is 7.98. The molecule has 0 spiro atoms. The van der Waals surface area contributed by atoms with Gasteiger partial charge >= 0.3 is 0 Å². The van der Waals surface area contributed by atoms with Crippen molar-refractivity contribution in [2.45, 2.75) is 54.4 Å². The summed E-state index contributed by atoms with van der Waals surface area (Å²) < 4.78 is 0. The normalized spacial score (nSPS) is 13.7. The van der Waals surface area contributed by atoms with E-state index in [1.807, 2.05) is 11.8 Å². The van der Waals surface area contributed by atoms with Crippen molar-refractivity contribution in [1.82, 2.24) is 0 Å². The molecule has 0 N–H and O–H groups in total. The molecule has 0 aromatic heterocycles. The Bertz CT molecular complexity index is 157. The van der Waals surface area contributed by atoms with Crippen LogP contribution in [0.2, 0.25) is 0 Å². The van der Waals surface area contributed by atoms with E-state index in [0.29, 0.717) is 10.8 Å². The van der Waals surface area contributed by atoms with Crippen molar-refractivity contribution in [3.63, 3.8) is 0 Å². The molecule has 0 rings (SSSR count). The van der Waals surface area contributed by atoms with Crippen LogP contribution in [0.25, 0.3) is 0 Å². The van der Waals surface area contributed by atoms with E-state index in [1.54, 1.807) is 0 Å². The van der Waals surface area contributed by atoms with Gasteiger partial charge in [-0.05, 0) is 41.6 Å². The van der Waals surface area contributed by atoms with E-state index in [9.17, 15) is 0 Å². The first kappa shape index (κ1) is 14.3. The highest BCUT2D eigenvalue weighted by Gasteiger charge is 2.28. The standard InChI is InChI=1S/C13H28S/c1-11(2)8-12(3,4)9-13(5,6)10-14-7/h11H,8-10H2,1-7H3. The monoisotopic (exact) mass is 216 g/mol. The molecular formula is C13H28S. The zero-order chi connectivity index (χ0) is 11.4. The maximum absolute atomic E-state index is 2.41. The van der Waals surface area contributed by atoms with E-state index in [0.717, 1.165) is 5.92 Å². The summed E-state index contributed by atoms with van der Waals surface area (Å²) in [6.07, 6.45) is 4.88. The summed E-state index contributed by atoms with van der Waals surface area (Å²) in [5.41, 5.74) is 0.977. The second-order valence-corrected chi connectivity index (χ2v) is 7.40. The van der Waals surface area contributed by atoms with Crippen LogP contribution < -0.4 is 0 Å². The van der Waals surface area contributed by atoms with Gasteiger partial charge in [0, 0.05) is 0 Å². The fraction of sp³-hybridized carbons (Fsp3) is 1.00. The van der Waals surface area contributed by atoms with Crippen molar-refractivity contribution >= 4 is 11.8 Å². The Morgan fingerprint density at radius 1 is 1.00 bits per heavy atom. The third-order valence-corrected chi connectivity index (χ3v) is 3.52. The summed E-state index contributed by atoms with van der Waals surface area (Å²) in [5.74, 6) is 2.09. The molecule has 0 saturated carbocycles. The van der Waals surface area contributed by atoms with Crippen molar-refractivity contribution in [3.05, 3.63) is 0 Å². The van der Waals surface area contributed by atoms with Gasteiger partial charge in [-0.3, -0.25) is 0 Å². The van der Waals surface area contributed by atoms with Crippen LogP contribution in [0.1, 0.15) is 54.4 Å². The van der Waals surface area contributed by atoms with Gasteiger partial charge in [-0.25, -0.2) is 0 Å². The van der Waals surface area contributed by atoms with Crippen molar-refractivity contribution in [2.75, 3.05) is 12.0 Å². The predicted octanol–water partition coefficient (Wildman–Crippen LogP) is 4.84. The Morgan fingerprint density at radius 3 is 1.86 bits per heavy atom. The third kappa shape index (κ3) is 6.75. The van der Waals surface area contributed by atoms with Gasteiger partial charge in [0.1, 0.15) is 0 Å².